The number of benzene rings is 1. The molecule has 2 heterocycles. The van der Waals surface area contributed by atoms with Crippen LogP contribution in [0.3, 0.4) is 0 Å². The van der Waals surface area contributed by atoms with Crippen molar-refractivity contribution in [1.29, 1.82) is 0 Å². The molecule has 1 aliphatic heterocycles. The molecule has 1 saturated heterocycles. The van der Waals surface area contributed by atoms with E-state index in [2.05, 4.69) is 20.6 Å². The van der Waals surface area contributed by atoms with Crippen LogP contribution in [0.2, 0.25) is 0 Å². The molecule has 6 nitrogen and oxygen atoms in total. The second-order valence-electron chi connectivity index (χ2n) is 5.02. The van der Waals surface area contributed by atoms with Gasteiger partial charge in [-0.3, -0.25) is 4.79 Å². The first kappa shape index (κ1) is 14.1. The number of tetrazole rings is 1. The Bertz CT molecular complexity index is 589. The highest BCUT2D eigenvalue weighted by Gasteiger charge is 2.33. The summed E-state index contributed by atoms with van der Waals surface area (Å²) in [6, 6.07) is 9.76. The molecule has 21 heavy (non-hydrogen) atoms. The SMILES string of the molecule is CC(C(=O)N1CCSCC1c1nn[nH]n1)c1ccccc1. The Kier molecular flexibility index (Phi) is 4.19. The van der Waals surface area contributed by atoms with Crippen molar-refractivity contribution in [3.63, 3.8) is 0 Å². The van der Waals surface area contributed by atoms with Gasteiger partial charge in [-0.25, -0.2) is 0 Å². The number of H-pyrrole nitrogens is 1. The second-order valence-corrected chi connectivity index (χ2v) is 6.17. The Labute approximate surface area is 127 Å². The van der Waals surface area contributed by atoms with Crippen LogP contribution in [-0.2, 0) is 4.79 Å². The summed E-state index contributed by atoms with van der Waals surface area (Å²) in [4.78, 5) is 14.7. The first-order valence-electron chi connectivity index (χ1n) is 6.94. The number of nitrogens with zero attached hydrogens (tertiary/aromatic N) is 4. The number of rotatable bonds is 3. The van der Waals surface area contributed by atoms with Gasteiger partial charge in [0.1, 0.15) is 6.04 Å². The maximum atomic E-state index is 12.8. The number of carbonyl (C=O) groups is 1. The summed E-state index contributed by atoms with van der Waals surface area (Å²) in [6.07, 6.45) is 0. The average Bonchev–Trinajstić information content (AvgIpc) is 3.08. The number of hydrogen-bond acceptors (Lipinski definition) is 5. The zero-order valence-electron chi connectivity index (χ0n) is 11.8. The lowest BCUT2D eigenvalue weighted by Crippen LogP contribution is -2.43. The van der Waals surface area contributed by atoms with E-state index in [0.717, 1.165) is 23.6 Å². The quantitative estimate of drug-likeness (QED) is 0.932. The molecule has 0 bridgehead atoms. The number of carbonyl (C=O) groups excluding carboxylic acids is 1. The Morgan fingerprint density at radius 3 is 2.95 bits per heavy atom. The minimum absolute atomic E-state index is 0.0961. The van der Waals surface area contributed by atoms with Gasteiger partial charge >= 0.3 is 0 Å². The van der Waals surface area contributed by atoms with E-state index in [9.17, 15) is 4.79 Å². The standard InChI is InChI=1S/C14H17N5OS/c1-10(11-5-3-2-4-6-11)14(20)19-7-8-21-9-12(19)13-15-17-18-16-13/h2-6,10,12H,7-9H2,1H3,(H,15,16,17,18). The van der Waals surface area contributed by atoms with E-state index in [1.165, 1.54) is 0 Å². The molecule has 0 aliphatic carbocycles. The van der Waals surface area contributed by atoms with Gasteiger partial charge in [-0.15, -0.1) is 10.2 Å². The Balaban J connectivity index is 1.81. The van der Waals surface area contributed by atoms with Crippen LogP contribution in [0, 0.1) is 0 Å². The normalized spacial score (nSPS) is 20.2. The van der Waals surface area contributed by atoms with E-state index in [4.69, 9.17) is 0 Å². The number of aromatic nitrogens is 4. The largest absolute Gasteiger partial charge is 0.330 e. The molecule has 1 amide bonds. The van der Waals surface area contributed by atoms with Crippen molar-refractivity contribution in [3.05, 3.63) is 41.7 Å². The summed E-state index contributed by atoms with van der Waals surface area (Å²) in [5.74, 6) is 2.31. The fourth-order valence-electron chi connectivity index (χ4n) is 2.53. The van der Waals surface area contributed by atoms with Crippen LogP contribution in [0.25, 0.3) is 0 Å². The zero-order valence-corrected chi connectivity index (χ0v) is 12.6. The number of hydrogen-bond donors (Lipinski definition) is 1. The van der Waals surface area contributed by atoms with Crippen LogP contribution in [0.15, 0.2) is 30.3 Å². The molecule has 2 aromatic rings. The van der Waals surface area contributed by atoms with Crippen LogP contribution < -0.4 is 0 Å². The van der Waals surface area contributed by atoms with E-state index in [1.807, 2.05) is 53.9 Å². The van der Waals surface area contributed by atoms with E-state index in [-0.39, 0.29) is 17.9 Å². The molecule has 2 atom stereocenters. The Morgan fingerprint density at radius 2 is 2.24 bits per heavy atom. The van der Waals surface area contributed by atoms with Gasteiger partial charge in [0.05, 0.1) is 5.92 Å². The molecule has 1 N–H and O–H groups in total. The predicted molar refractivity (Wildman–Crippen MR) is 80.8 cm³/mol. The highest BCUT2D eigenvalue weighted by Crippen LogP contribution is 2.30. The summed E-state index contributed by atoms with van der Waals surface area (Å²) < 4.78 is 0. The fourth-order valence-corrected chi connectivity index (χ4v) is 3.57. The Hall–Kier alpha value is -1.89. The first-order chi connectivity index (χ1) is 10.3. The summed E-state index contributed by atoms with van der Waals surface area (Å²) in [5, 5.41) is 14.2. The second kappa shape index (κ2) is 6.26. The van der Waals surface area contributed by atoms with Crippen molar-refractivity contribution in [2.45, 2.75) is 18.9 Å². The molecular formula is C14H17N5OS. The fraction of sp³-hybridized carbons (Fsp3) is 0.429. The van der Waals surface area contributed by atoms with Crippen LogP contribution in [0.1, 0.15) is 30.3 Å². The maximum Gasteiger partial charge on any atom is 0.230 e. The summed E-state index contributed by atoms with van der Waals surface area (Å²) in [5.41, 5.74) is 1.03. The van der Waals surface area contributed by atoms with E-state index in [1.54, 1.807) is 0 Å². The molecule has 0 saturated carbocycles. The summed E-state index contributed by atoms with van der Waals surface area (Å²) in [6.45, 7) is 2.67. The number of amides is 1. The molecule has 3 rings (SSSR count). The molecule has 1 fully saturated rings. The van der Waals surface area contributed by atoms with Gasteiger partial charge in [0.2, 0.25) is 5.91 Å². The van der Waals surface area contributed by atoms with Crippen molar-refractivity contribution in [1.82, 2.24) is 25.5 Å². The molecule has 2 unspecified atom stereocenters. The van der Waals surface area contributed by atoms with Gasteiger partial charge in [-0.05, 0) is 12.5 Å². The third-order valence-corrected chi connectivity index (χ3v) is 4.76. The molecule has 0 radical (unpaired) electrons. The molecule has 1 aromatic carbocycles. The highest BCUT2D eigenvalue weighted by atomic mass is 32.2. The first-order valence-corrected chi connectivity index (χ1v) is 8.09. The van der Waals surface area contributed by atoms with E-state index >= 15 is 0 Å². The van der Waals surface area contributed by atoms with Gasteiger partial charge in [0.15, 0.2) is 5.82 Å². The molecule has 7 heteroatoms. The predicted octanol–water partition coefficient (Wildman–Crippen LogP) is 1.62. The third kappa shape index (κ3) is 2.92. The molecule has 1 aromatic heterocycles. The minimum Gasteiger partial charge on any atom is -0.330 e. The van der Waals surface area contributed by atoms with Crippen molar-refractivity contribution in [2.75, 3.05) is 18.1 Å². The van der Waals surface area contributed by atoms with E-state index in [0.29, 0.717) is 5.82 Å². The molecule has 1 aliphatic rings. The highest BCUT2D eigenvalue weighted by molar-refractivity contribution is 7.99. The molecule has 110 valence electrons. The van der Waals surface area contributed by atoms with Crippen molar-refractivity contribution in [3.8, 4) is 0 Å². The van der Waals surface area contributed by atoms with E-state index < -0.39 is 0 Å². The van der Waals surface area contributed by atoms with Gasteiger partial charge in [0, 0.05) is 18.1 Å². The van der Waals surface area contributed by atoms with Crippen molar-refractivity contribution >= 4 is 17.7 Å². The maximum absolute atomic E-state index is 12.8. The monoisotopic (exact) mass is 303 g/mol. The van der Waals surface area contributed by atoms with Crippen LogP contribution in [0.4, 0.5) is 0 Å². The lowest BCUT2D eigenvalue weighted by molar-refractivity contribution is -0.134. The smallest absolute Gasteiger partial charge is 0.230 e. The molecule has 0 spiro atoms. The van der Waals surface area contributed by atoms with Crippen LogP contribution >= 0.6 is 11.8 Å². The van der Waals surface area contributed by atoms with Gasteiger partial charge in [-0.2, -0.15) is 17.0 Å². The number of nitrogens with one attached hydrogen (secondary N) is 1. The van der Waals surface area contributed by atoms with Gasteiger partial charge in [0.25, 0.3) is 0 Å². The average molecular weight is 303 g/mol. The number of aromatic amines is 1. The molecular weight excluding hydrogens is 286 g/mol. The Morgan fingerprint density at radius 1 is 1.43 bits per heavy atom. The topological polar surface area (TPSA) is 74.8 Å². The summed E-state index contributed by atoms with van der Waals surface area (Å²) in [7, 11) is 0. The minimum atomic E-state index is -0.163. The van der Waals surface area contributed by atoms with Crippen LogP contribution in [0.5, 0.6) is 0 Å². The lowest BCUT2D eigenvalue weighted by atomic mass is 9.99. The lowest BCUT2D eigenvalue weighted by Gasteiger charge is -2.35. The van der Waals surface area contributed by atoms with Gasteiger partial charge in [-0.1, -0.05) is 35.5 Å². The summed E-state index contributed by atoms with van der Waals surface area (Å²) >= 11 is 1.81. The zero-order chi connectivity index (χ0) is 14.7. The van der Waals surface area contributed by atoms with Crippen LogP contribution in [-0.4, -0.2) is 49.5 Å². The van der Waals surface area contributed by atoms with Gasteiger partial charge < -0.3 is 4.90 Å². The van der Waals surface area contributed by atoms with Crippen molar-refractivity contribution < 1.29 is 4.79 Å². The van der Waals surface area contributed by atoms with Crippen molar-refractivity contribution in [2.24, 2.45) is 0 Å². The number of thioether (sulfide) groups is 1. The third-order valence-electron chi connectivity index (χ3n) is 3.74.